The molecule has 0 fully saturated rings. The van der Waals surface area contributed by atoms with Gasteiger partial charge >= 0.3 is 0 Å². The highest BCUT2D eigenvalue weighted by Gasteiger charge is 2.22. The minimum Gasteiger partial charge on any atom is -0.494 e. The number of anilines is 1. The molecule has 2 aromatic carbocycles. The van der Waals surface area contributed by atoms with Crippen LogP contribution in [-0.4, -0.2) is 31.9 Å². The van der Waals surface area contributed by atoms with Gasteiger partial charge < -0.3 is 9.47 Å². The number of nitrogens with zero attached hydrogens (tertiary/aromatic N) is 2. The smallest absolute Gasteiger partial charge is 0.264 e. The molecule has 132 valence electrons. The van der Waals surface area contributed by atoms with E-state index in [4.69, 9.17) is 9.47 Å². The van der Waals surface area contributed by atoms with Gasteiger partial charge in [-0.15, -0.1) is 0 Å². The van der Waals surface area contributed by atoms with Gasteiger partial charge in [-0.05, 0) is 48.4 Å². The Morgan fingerprint density at radius 1 is 1.08 bits per heavy atom. The Hall–Kier alpha value is -2.81. The summed E-state index contributed by atoms with van der Waals surface area (Å²) in [7, 11) is -3.93. The van der Waals surface area contributed by atoms with Gasteiger partial charge in [-0.1, -0.05) is 6.07 Å². The van der Waals surface area contributed by atoms with Crippen molar-refractivity contribution >= 4 is 26.7 Å². The van der Waals surface area contributed by atoms with Crippen molar-refractivity contribution in [3.05, 3.63) is 36.4 Å². The van der Waals surface area contributed by atoms with Gasteiger partial charge in [-0.2, -0.15) is 0 Å². The molecule has 0 amide bonds. The fourth-order valence-corrected chi connectivity index (χ4v) is 3.54. The molecule has 1 N–H and O–H groups in total. The van der Waals surface area contributed by atoms with Crippen LogP contribution in [0.5, 0.6) is 11.5 Å². The Labute approximate surface area is 144 Å². The van der Waals surface area contributed by atoms with Crippen molar-refractivity contribution in [2.24, 2.45) is 0 Å². The van der Waals surface area contributed by atoms with Crippen molar-refractivity contribution in [1.29, 1.82) is 0 Å². The van der Waals surface area contributed by atoms with Crippen molar-refractivity contribution in [3.8, 4) is 11.5 Å². The summed E-state index contributed by atoms with van der Waals surface area (Å²) in [6.45, 7) is 4.52. The molecule has 0 spiro atoms. The van der Waals surface area contributed by atoms with Crippen molar-refractivity contribution in [2.75, 3.05) is 17.9 Å². The summed E-state index contributed by atoms with van der Waals surface area (Å²) in [5.41, 5.74) is 0.797. The molecule has 0 aliphatic carbocycles. The van der Waals surface area contributed by atoms with E-state index >= 15 is 0 Å². The largest absolute Gasteiger partial charge is 0.494 e. The summed E-state index contributed by atoms with van der Waals surface area (Å²) in [5, 5.41) is 7.33. The first-order chi connectivity index (χ1) is 12.0. The fourth-order valence-electron chi connectivity index (χ4n) is 2.32. The zero-order chi connectivity index (χ0) is 17.9. The molecule has 0 saturated heterocycles. The second kappa shape index (κ2) is 6.98. The summed E-state index contributed by atoms with van der Waals surface area (Å²) >= 11 is 0. The van der Waals surface area contributed by atoms with Gasteiger partial charge in [0.15, 0.2) is 5.52 Å². The zero-order valence-electron chi connectivity index (χ0n) is 13.7. The molecule has 1 aromatic heterocycles. The molecule has 0 unspecified atom stereocenters. The highest BCUT2D eigenvalue weighted by molar-refractivity contribution is 7.93. The van der Waals surface area contributed by atoms with E-state index in [9.17, 15) is 8.42 Å². The van der Waals surface area contributed by atoms with E-state index in [2.05, 4.69) is 19.7 Å². The Morgan fingerprint density at radius 3 is 2.64 bits per heavy atom. The maximum atomic E-state index is 12.8. The van der Waals surface area contributed by atoms with Gasteiger partial charge in [0.25, 0.3) is 10.0 Å². The first-order valence-electron chi connectivity index (χ1n) is 7.69. The molecule has 0 radical (unpaired) electrons. The van der Waals surface area contributed by atoms with Crippen LogP contribution in [0.3, 0.4) is 0 Å². The molecule has 0 aliphatic rings. The average Bonchev–Trinajstić information content (AvgIpc) is 3.06. The van der Waals surface area contributed by atoms with Crippen LogP contribution in [0.4, 0.5) is 5.69 Å². The quantitative estimate of drug-likeness (QED) is 0.688. The zero-order valence-corrected chi connectivity index (χ0v) is 14.5. The third-order valence-corrected chi connectivity index (χ3v) is 4.74. The number of benzene rings is 2. The maximum Gasteiger partial charge on any atom is 0.264 e. The number of hydrogen-bond donors (Lipinski definition) is 1. The van der Waals surface area contributed by atoms with E-state index in [0.29, 0.717) is 30.2 Å². The lowest BCUT2D eigenvalue weighted by Gasteiger charge is -2.14. The Morgan fingerprint density at radius 2 is 1.88 bits per heavy atom. The van der Waals surface area contributed by atoms with Crippen LogP contribution in [0, 0.1) is 0 Å². The molecule has 9 heteroatoms. The SMILES string of the molecule is CCOc1ccc(OCC)c(NS(=O)(=O)c2cccc3nonc23)c1. The minimum atomic E-state index is -3.93. The van der Waals surface area contributed by atoms with Gasteiger partial charge in [0, 0.05) is 6.07 Å². The van der Waals surface area contributed by atoms with Crippen LogP contribution < -0.4 is 14.2 Å². The Kier molecular flexibility index (Phi) is 4.75. The molecule has 25 heavy (non-hydrogen) atoms. The highest BCUT2D eigenvalue weighted by Crippen LogP contribution is 2.32. The predicted octanol–water partition coefficient (Wildman–Crippen LogP) is 2.82. The van der Waals surface area contributed by atoms with Crippen molar-refractivity contribution < 1.29 is 22.5 Å². The highest BCUT2D eigenvalue weighted by atomic mass is 32.2. The van der Waals surface area contributed by atoms with Crippen LogP contribution in [0.1, 0.15) is 13.8 Å². The number of aromatic nitrogens is 2. The lowest BCUT2D eigenvalue weighted by molar-refractivity contribution is 0.315. The van der Waals surface area contributed by atoms with E-state index in [1.807, 2.05) is 13.8 Å². The monoisotopic (exact) mass is 363 g/mol. The molecule has 8 nitrogen and oxygen atoms in total. The van der Waals surface area contributed by atoms with Gasteiger partial charge in [0.05, 0.1) is 18.9 Å². The van der Waals surface area contributed by atoms with Crippen LogP contribution in [-0.2, 0) is 10.0 Å². The second-order valence-electron chi connectivity index (χ2n) is 5.02. The normalized spacial score (nSPS) is 11.4. The van der Waals surface area contributed by atoms with E-state index < -0.39 is 10.0 Å². The summed E-state index contributed by atoms with van der Waals surface area (Å²) in [4.78, 5) is -0.0319. The minimum absolute atomic E-state index is 0.0319. The molecular weight excluding hydrogens is 346 g/mol. The summed E-state index contributed by atoms with van der Waals surface area (Å²) < 4.78 is 43.7. The van der Waals surface area contributed by atoms with Crippen LogP contribution in [0.15, 0.2) is 45.9 Å². The summed E-state index contributed by atoms with van der Waals surface area (Å²) in [6, 6.07) is 9.57. The second-order valence-corrected chi connectivity index (χ2v) is 6.67. The summed E-state index contributed by atoms with van der Waals surface area (Å²) in [5.74, 6) is 0.935. The fraction of sp³-hybridized carbons (Fsp3) is 0.250. The van der Waals surface area contributed by atoms with Gasteiger partial charge in [-0.25, -0.2) is 13.0 Å². The molecule has 1 heterocycles. The van der Waals surface area contributed by atoms with Crippen molar-refractivity contribution in [3.63, 3.8) is 0 Å². The van der Waals surface area contributed by atoms with E-state index in [-0.39, 0.29) is 16.1 Å². The van der Waals surface area contributed by atoms with Crippen molar-refractivity contribution in [1.82, 2.24) is 10.3 Å². The molecule has 3 rings (SSSR count). The molecule has 0 saturated carbocycles. The molecule has 0 aliphatic heterocycles. The average molecular weight is 363 g/mol. The lowest BCUT2D eigenvalue weighted by Crippen LogP contribution is -2.14. The standard InChI is InChI=1S/C16H17N3O5S/c1-3-22-11-8-9-14(23-4-2)13(10-11)19-25(20,21)15-7-5-6-12-16(15)18-24-17-12/h5-10,19H,3-4H2,1-2H3. The van der Waals surface area contributed by atoms with E-state index in [1.54, 1.807) is 30.3 Å². The number of nitrogens with one attached hydrogen (secondary N) is 1. The number of hydrogen-bond acceptors (Lipinski definition) is 7. The topological polar surface area (TPSA) is 104 Å². The van der Waals surface area contributed by atoms with Gasteiger partial charge in [0.1, 0.15) is 21.9 Å². The first-order valence-corrected chi connectivity index (χ1v) is 9.17. The third-order valence-electron chi connectivity index (χ3n) is 3.34. The number of rotatable bonds is 7. The third kappa shape index (κ3) is 3.50. The van der Waals surface area contributed by atoms with Gasteiger partial charge in [0.2, 0.25) is 0 Å². The number of sulfonamides is 1. The van der Waals surface area contributed by atoms with E-state index in [0.717, 1.165) is 0 Å². The first kappa shape index (κ1) is 17.0. The molecule has 3 aromatic rings. The maximum absolute atomic E-state index is 12.8. The van der Waals surface area contributed by atoms with Crippen LogP contribution in [0.2, 0.25) is 0 Å². The summed E-state index contributed by atoms with van der Waals surface area (Å²) in [6.07, 6.45) is 0. The van der Waals surface area contributed by atoms with Crippen LogP contribution in [0.25, 0.3) is 11.0 Å². The van der Waals surface area contributed by atoms with Crippen LogP contribution >= 0.6 is 0 Å². The Bertz CT molecular complexity index is 984. The molecule has 0 bridgehead atoms. The van der Waals surface area contributed by atoms with Crippen molar-refractivity contribution in [2.45, 2.75) is 18.7 Å². The van der Waals surface area contributed by atoms with Gasteiger partial charge in [-0.3, -0.25) is 4.72 Å². The Balaban J connectivity index is 2.02. The molecule has 0 atom stereocenters. The number of ether oxygens (including phenoxy) is 2. The van der Waals surface area contributed by atoms with E-state index in [1.165, 1.54) is 6.07 Å². The molecular formula is C16H17N3O5S. The lowest BCUT2D eigenvalue weighted by atomic mass is 10.3. The number of fused-ring (bicyclic) bond motifs is 1. The predicted molar refractivity (Wildman–Crippen MR) is 91.4 cm³/mol.